The molecule has 15 heavy (non-hydrogen) atoms. The molecule has 0 saturated carbocycles. The molecule has 0 spiro atoms. The Balaban J connectivity index is 1.75. The van der Waals surface area contributed by atoms with Crippen LogP contribution in [-0.4, -0.2) is 74.8 Å². The molecule has 86 valence electrons. The number of piperazine rings is 3. The van der Waals surface area contributed by atoms with E-state index in [9.17, 15) is 4.79 Å². The number of carbonyl (C=O) groups excluding carboxylic acids is 1. The van der Waals surface area contributed by atoms with Crippen LogP contribution in [0.25, 0.3) is 0 Å². The van der Waals surface area contributed by atoms with Gasteiger partial charge in [0.15, 0.2) is 0 Å². The molecule has 2 N–H and O–H groups in total. The molecule has 0 atom stereocenters. The number of hydrogen-bond donors (Lipinski definition) is 2. The summed E-state index contributed by atoms with van der Waals surface area (Å²) in [6.45, 7) is 9.36. The lowest BCUT2D eigenvalue weighted by atomic mass is 10.1. The topological polar surface area (TPSA) is 44.4 Å². The molecular weight excluding hydrogens is 192 g/mol. The second kappa shape index (κ2) is 4.37. The van der Waals surface area contributed by atoms with Gasteiger partial charge in [-0.1, -0.05) is 0 Å². The first-order valence-corrected chi connectivity index (χ1v) is 5.77. The number of hydrogen-bond acceptors (Lipinski definition) is 2. The second-order valence-electron chi connectivity index (χ2n) is 4.58. The average molecular weight is 213 g/mol. The van der Waals surface area contributed by atoms with E-state index in [1.807, 2.05) is 0 Å². The summed E-state index contributed by atoms with van der Waals surface area (Å²) < 4.78 is 1.21. The van der Waals surface area contributed by atoms with Gasteiger partial charge in [0.2, 0.25) is 0 Å². The molecule has 0 aliphatic carbocycles. The van der Waals surface area contributed by atoms with Crippen LogP contribution in [0.3, 0.4) is 0 Å². The van der Waals surface area contributed by atoms with Gasteiger partial charge in [-0.25, -0.2) is 4.79 Å². The van der Waals surface area contributed by atoms with Gasteiger partial charge in [-0.3, -0.25) is 4.90 Å². The molecule has 5 nitrogen and oxygen atoms in total. The highest BCUT2D eigenvalue weighted by Gasteiger charge is 2.37. The first kappa shape index (κ1) is 10.7. The summed E-state index contributed by atoms with van der Waals surface area (Å²) in [6.07, 6.45) is 0. The van der Waals surface area contributed by atoms with Crippen molar-refractivity contribution in [3.8, 4) is 0 Å². The monoisotopic (exact) mass is 213 g/mol. The van der Waals surface area contributed by atoms with Crippen molar-refractivity contribution in [2.45, 2.75) is 0 Å². The second-order valence-corrected chi connectivity index (χ2v) is 4.58. The zero-order chi connectivity index (χ0) is 10.7. The van der Waals surface area contributed by atoms with E-state index >= 15 is 0 Å². The van der Waals surface area contributed by atoms with Crippen LogP contribution in [0.1, 0.15) is 0 Å². The van der Waals surface area contributed by atoms with Crippen LogP contribution < -0.4 is 10.6 Å². The molecule has 3 aliphatic rings. The molecule has 0 unspecified atom stereocenters. The van der Waals surface area contributed by atoms with Crippen LogP contribution in [0.2, 0.25) is 0 Å². The fourth-order valence-electron chi connectivity index (χ4n) is 2.56. The van der Waals surface area contributed by atoms with Gasteiger partial charge in [0.05, 0.1) is 32.7 Å². The van der Waals surface area contributed by atoms with Gasteiger partial charge in [-0.15, -0.1) is 0 Å². The van der Waals surface area contributed by atoms with E-state index in [0.29, 0.717) is 0 Å². The zero-order valence-corrected chi connectivity index (χ0v) is 9.46. The van der Waals surface area contributed by atoms with Crippen molar-refractivity contribution in [3.63, 3.8) is 0 Å². The maximum Gasteiger partial charge on any atom is 0.314 e. The predicted molar refractivity (Wildman–Crippen MR) is 58.6 cm³/mol. The summed E-state index contributed by atoms with van der Waals surface area (Å²) in [5.74, 6) is 0. The zero-order valence-electron chi connectivity index (χ0n) is 9.46. The van der Waals surface area contributed by atoms with E-state index < -0.39 is 0 Å². The SMILES string of the molecule is CNC(=O)NCC[N+]12CCN(CC1)CC2. The highest BCUT2D eigenvalue weighted by Crippen LogP contribution is 2.18. The number of urea groups is 1. The van der Waals surface area contributed by atoms with E-state index in [-0.39, 0.29) is 6.03 Å². The molecule has 3 rings (SSSR count). The number of nitrogens with one attached hydrogen (secondary N) is 2. The molecule has 3 aliphatic heterocycles. The van der Waals surface area contributed by atoms with Crippen molar-refractivity contribution in [2.75, 3.05) is 59.4 Å². The minimum Gasteiger partial charge on any atom is -0.341 e. The van der Waals surface area contributed by atoms with Crippen molar-refractivity contribution in [2.24, 2.45) is 0 Å². The molecule has 3 saturated heterocycles. The van der Waals surface area contributed by atoms with Gasteiger partial charge < -0.3 is 15.1 Å². The average Bonchev–Trinajstić information content (AvgIpc) is 2.31. The van der Waals surface area contributed by atoms with Crippen molar-refractivity contribution >= 4 is 6.03 Å². The van der Waals surface area contributed by atoms with Crippen LogP contribution >= 0.6 is 0 Å². The Morgan fingerprint density at radius 2 is 1.87 bits per heavy atom. The van der Waals surface area contributed by atoms with E-state index in [4.69, 9.17) is 0 Å². The minimum atomic E-state index is -0.0659. The van der Waals surface area contributed by atoms with Gasteiger partial charge >= 0.3 is 6.03 Å². The predicted octanol–water partition coefficient (Wildman–Crippen LogP) is -0.939. The summed E-state index contributed by atoms with van der Waals surface area (Å²) in [5, 5.41) is 5.45. The van der Waals surface area contributed by atoms with Gasteiger partial charge in [0.25, 0.3) is 0 Å². The van der Waals surface area contributed by atoms with Crippen LogP contribution in [-0.2, 0) is 0 Å². The molecule has 0 radical (unpaired) electrons. The molecule has 2 bridgehead atoms. The van der Waals surface area contributed by atoms with Crippen LogP contribution in [0, 0.1) is 0 Å². The van der Waals surface area contributed by atoms with Crippen LogP contribution in [0.4, 0.5) is 4.79 Å². The Morgan fingerprint density at radius 3 is 2.40 bits per heavy atom. The lowest BCUT2D eigenvalue weighted by Crippen LogP contribution is -2.68. The lowest BCUT2D eigenvalue weighted by Gasteiger charge is -2.50. The molecule has 2 amide bonds. The van der Waals surface area contributed by atoms with Gasteiger partial charge in [-0.2, -0.15) is 0 Å². The third-order valence-electron chi connectivity index (χ3n) is 3.77. The van der Waals surface area contributed by atoms with Crippen LogP contribution in [0.5, 0.6) is 0 Å². The summed E-state index contributed by atoms with van der Waals surface area (Å²) >= 11 is 0. The molecule has 0 aromatic heterocycles. The van der Waals surface area contributed by atoms with E-state index in [2.05, 4.69) is 15.5 Å². The molecule has 0 aromatic rings. The molecule has 3 fully saturated rings. The molecule has 0 aromatic carbocycles. The summed E-state index contributed by atoms with van der Waals surface area (Å²) in [6, 6.07) is -0.0659. The van der Waals surface area contributed by atoms with E-state index in [1.165, 1.54) is 43.8 Å². The normalized spacial score (nSPS) is 33.8. The lowest BCUT2D eigenvalue weighted by molar-refractivity contribution is -0.939. The summed E-state index contributed by atoms with van der Waals surface area (Å²) in [4.78, 5) is 13.6. The fourth-order valence-corrected chi connectivity index (χ4v) is 2.56. The smallest absolute Gasteiger partial charge is 0.314 e. The maximum atomic E-state index is 11.0. The van der Waals surface area contributed by atoms with Gasteiger partial charge in [0, 0.05) is 26.7 Å². The third kappa shape index (κ3) is 2.41. The largest absolute Gasteiger partial charge is 0.341 e. The first-order chi connectivity index (χ1) is 7.24. The molecule has 5 heteroatoms. The number of fused-ring (bicyclic) bond motifs is 3. The highest BCUT2D eigenvalue weighted by molar-refractivity contribution is 5.73. The van der Waals surface area contributed by atoms with E-state index in [1.54, 1.807) is 7.05 Å². The van der Waals surface area contributed by atoms with Crippen molar-refractivity contribution in [1.82, 2.24) is 15.5 Å². The highest BCUT2D eigenvalue weighted by atomic mass is 16.2. The quantitative estimate of drug-likeness (QED) is 0.594. The van der Waals surface area contributed by atoms with E-state index in [0.717, 1.165) is 13.1 Å². The summed E-state index contributed by atoms with van der Waals surface area (Å²) in [5.41, 5.74) is 0. The minimum absolute atomic E-state index is 0.0659. The first-order valence-electron chi connectivity index (χ1n) is 5.77. The Labute approximate surface area is 91.0 Å². The number of quaternary nitrogens is 1. The molecule has 3 heterocycles. The standard InChI is InChI=1S/C10H20N4O/c1-11-10(15)12-2-6-14-7-3-13(4-8-14)5-9-14/h2-9H2,1H3,(H-,11,12,15)/p+1. The third-order valence-corrected chi connectivity index (χ3v) is 3.77. The Bertz CT molecular complexity index is 222. The Morgan fingerprint density at radius 1 is 1.27 bits per heavy atom. The Kier molecular flexibility index (Phi) is 3.11. The van der Waals surface area contributed by atoms with Crippen molar-refractivity contribution in [3.05, 3.63) is 0 Å². The maximum absolute atomic E-state index is 11.0. The summed E-state index contributed by atoms with van der Waals surface area (Å²) in [7, 11) is 1.65. The van der Waals surface area contributed by atoms with Crippen molar-refractivity contribution < 1.29 is 9.28 Å². The number of rotatable bonds is 3. The number of carbonyl (C=O) groups is 1. The van der Waals surface area contributed by atoms with Gasteiger partial charge in [-0.05, 0) is 0 Å². The van der Waals surface area contributed by atoms with Crippen molar-refractivity contribution in [1.29, 1.82) is 0 Å². The Hall–Kier alpha value is -0.810. The number of nitrogens with zero attached hydrogens (tertiary/aromatic N) is 2. The molecular formula is C10H21N4O+. The number of amides is 2. The fraction of sp³-hybridized carbons (Fsp3) is 0.900. The van der Waals surface area contributed by atoms with Crippen LogP contribution in [0.15, 0.2) is 0 Å². The van der Waals surface area contributed by atoms with Gasteiger partial charge in [0.1, 0.15) is 0 Å².